The second-order valence-electron chi connectivity index (χ2n) is 6.89. The molecular formula is C21H25N5OS. The SMILES string of the molecule is CC(C)c1ccc(CCNC(=O)CSc2nnc(-c3cccnc3)n2C)cc1. The first kappa shape index (κ1) is 20.1. The molecule has 146 valence electrons. The molecule has 0 saturated heterocycles. The number of benzene rings is 1. The zero-order valence-corrected chi connectivity index (χ0v) is 17.2. The highest BCUT2D eigenvalue weighted by atomic mass is 32.2. The lowest BCUT2D eigenvalue weighted by molar-refractivity contribution is -0.118. The first-order valence-corrected chi connectivity index (χ1v) is 10.3. The Hall–Kier alpha value is -2.67. The topological polar surface area (TPSA) is 72.7 Å². The summed E-state index contributed by atoms with van der Waals surface area (Å²) in [5.74, 6) is 1.58. The molecule has 28 heavy (non-hydrogen) atoms. The lowest BCUT2D eigenvalue weighted by atomic mass is 10.0. The largest absolute Gasteiger partial charge is 0.355 e. The van der Waals surface area contributed by atoms with E-state index in [1.54, 1.807) is 12.4 Å². The van der Waals surface area contributed by atoms with E-state index >= 15 is 0 Å². The molecule has 0 fully saturated rings. The summed E-state index contributed by atoms with van der Waals surface area (Å²) in [6.07, 6.45) is 4.29. The zero-order valence-electron chi connectivity index (χ0n) is 16.4. The molecule has 0 atom stereocenters. The predicted octanol–water partition coefficient (Wildman–Crippen LogP) is 3.45. The minimum Gasteiger partial charge on any atom is -0.355 e. The number of amides is 1. The van der Waals surface area contributed by atoms with Crippen molar-refractivity contribution in [2.45, 2.75) is 31.3 Å². The van der Waals surface area contributed by atoms with Crippen LogP contribution in [0.15, 0.2) is 53.9 Å². The van der Waals surface area contributed by atoms with Crippen LogP contribution in [0.5, 0.6) is 0 Å². The maximum Gasteiger partial charge on any atom is 0.230 e. The fourth-order valence-corrected chi connectivity index (χ4v) is 3.52. The molecule has 7 heteroatoms. The number of carbonyl (C=O) groups excluding carboxylic acids is 1. The average molecular weight is 396 g/mol. The summed E-state index contributed by atoms with van der Waals surface area (Å²) in [6.45, 7) is 4.99. The molecule has 0 radical (unpaired) electrons. The fourth-order valence-electron chi connectivity index (χ4n) is 2.78. The van der Waals surface area contributed by atoms with Crippen molar-refractivity contribution >= 4 is 17.7 Å². The Morgan fingerprint density at radius 1 is 1.18 bits per heavy atom. The van der Waals surface area contributed by atoms with E-state index in [-0.39, 0.29) is 5.91 Å². The van der Waals surface area contributed by atoms with E-state index in [1.807, 2.05) is 23.7 Å². The van der Waals surface area contributed by atoms with Crippen molar-refractivity contribution in [2.24, 2.45) is 7.05 Å². The third-order valence-electron chi connectivity index (χ3n) is 4.47. The number of carbonyl (C=O) groups is 1. The highest BCUT2D eigenvalue weighted by Crippen LogP contribution is 2.21. The van der Waals surface area contributed by atoms with Crippen molar-refractivity contribution in [3.63, 3.8) is 0 Å². The summed E-state index contributed by atoms with van der Waals surface area (Å²) >= 11 is 1.38. The van der Waals surface area contributed by atoms with Crippen LogP contribution in [0.2, 0.25) is 0 Å². The summed E-state index contributed by atoms with van der Waals surface area (Å²) in [7, 11) is 1.89. The number of hydrogen-bond donors (Lipinski definition) is 1. The Bertz CT molecular complexity index is 906. The third-order valence-corrected chi connectivity index (χ3v) is 5.49. The molecule has 0 unspecified atom stereocenters. The molecule has 0 aliphatic heterocycles. The van der Waals surface area contributed by atoms with Gasteiger partial charge in [-0.05, 0) is 35.6 Å². The predicted molar refractivity (Wildman–Crippen MR) is 112 cm³/mol. The molecule has 0 aliphatic rings. The number of aromatic nitrogens is 4. The summed E-state index contributed by atoms with van der Waals surface area (Å²) in [5.41, 5.74) is 3.46. The summed E-state index contributed by atoms with van der Waals surface area (Å²) in [5, 5.41) is 12.1. The average Bonchev–Trinajstić information content (AvgIpc) is 3.08. The molecule has 2 aromatic heterocycles. The minimum absolute atomic E-state index is 0.00488. The van der Waals surface area contributed by atoms with Gasteiger partial charge < -0.3 is 9.88 Å². The molecule has 0 saturated carbocycles. The number of thioether (sulfide) groups is 1. The van der Waals surface area contributed by atoms with Gasteiger partial charge in [0.15, 0.2) is 11.0 Å². The van der Waals surface area contributed by atoms with Crippen molar-refractivity contribution in [1.29, 1.82) is 0 Å². The van der Waals surface area contributed by atoms with Crippen molar-refractivity contribution in [3.8, 4) is 11.4 Å². The lowest BCUT2D eigenvalue weighted by Crippen LogP contribution is -2.27. The van der Waals surface area contributed by atoms with E-state index in [1.165, 1.54) is 22.9 Å². The molecule has 0 bridgehead atoms. The molecular weight excluding hydrogens is 370 g/mol. The summed E-state index contributed by atoms with van der Waals surface area (Å²) in [6, 6.07) is 12.4. The van der Waals surface area contributed by atoms with Gasteiger partial charge in [0.1, 0.15) is 0 Å². The molecule has 0 spiro atoms. The first-order chi connectivity index (χ1) is 13.5. The van der Waals surface area contributed by atoms with Gasteiger partial charge in [-0.15, -0.1) is 10.2 Å². The number of nitrogens with zero attached hydrogens (tertiary/aromatic N) is 4. The molecule has 1 amide bonds. The van der Waals surface area contributed by atoms with Gasteiger partial charge in [0.25, 0.3) is 0 Å². The molecule has 1 N–H and O–H groups in total. The molecule has 2 heterocycles. The van der Waals surface area contributed by atoms with Gasteiger partial charge in [-0.3, -0.25) is 9.78 Å². The Balaban J connectivity index is 1.45. The quantitative estimate of drug-likeness (QED) is 0.592. The smallest absolute Gasteiger partial charge is 0.230 e. The van der Waals surface area contributed by atoms with Gasteiger partial charge in [0.05, 0.1) is 5.75 Å². The molecule has 0 aliphatic carbocycles. The van der Waals surface area contributed by atoms with Crippen LogP contribution >= 0.6 is 11.8 Å². The van der Waals surface area contributed by atoms with E-state index in [9.17, 15) is 4.79 Å². The van der Waals surface area contributed by atoms with Crippen LogP contribution in [0.25, 0.3) is 11.4 Å². The normalized spacial score (nSPS) is 11.0. The maximum atomic E-state index is 12.1. The Morgan fingerprint density at radius 3 is 2.64 bits per heavy atom. The van der Waals surface area contributed by atoms with E-state index in [0.717, 1.165) is 17.8 Å². The van der Waals surface area contributed by atoms with Crippen LogP contribution in [-0.4, -0.2) is 38.0 Å². The van der Waals surface area contributed by atoms with Crippen molar-refractivity contribution in [3.05, 3.63) is 59.9 Å². The lowest BCUT2D eigenvalue weighted by Gasteiger charge is -2.08. The minimum atomic E-state index is -0.00488. The first-order valence-electron chi connectivity index (χ1n) is 9.32. The number of pyridine rings is 1. The van der Waals surface area contributed by atoms with Gasteiger partial charge in [-0.2, -0.15) is 0 Å². The van der Waals surface area contributed by atoms with Crippen LogP contribution in [0.4, 0.5) is 0 Å². The van der Waals surface area contributed by atoms with E-state index < -0.39 is 0 Å². The fraction of sp³-hybridized carbons (Fsp3) is 0.333. The van der Waals surface area contributed by atoms with Crippen molar-refractivity contribution in [2.75, 3.05) is 12.3 Å². The molecule has 6 nitrogen and oxygen atoms in total. The van der Waals surface area contributed by atoms with Gasteiger partial charge >= 0.3 is 0 Å². The second kappa shape index (κ2) is 9.50. The van der Waals surface area contributed by atoms with Crippen molar-refractivity contribution < 1.29 is 4.79 Å². The monoisotopic (exact) mass is 395 g/mol. The Kier molecular flexibility index (Phi) is 6.81. The van der Waals surface area contributed by atoms with Crippen LogP contribution in [0, 0.1) is 0 Å². The number of rotatable bonds is 8. The van der Waals surface area contributed by atoms with Crippen LogP contribution < -0.4 is 5.32 Å². The number of hydrogen-bond acceptors (Lipinski definition) is 5. The molecule has 3 aromatic rings. The zero-order chi connectivity index (χ0) is 19.9. The van der Waals surface area contributed by atoms with Crippen LogP contribution in [0.3, 0.4) is 0 Å². The van der Waals surface area contributed by atoms with E-state index in [4.69, 9.17) is 0 Å². The highest BCUT2D eigenvalue weighted by molar-refractivity contribution is 7.99. The highest BCUT2D eigenvalue weighted by Gasteiger charge is 2.12. The molecule has 3 rings (SSSR count). The maximum absolute atomic E-state index is 12.1. The Morgan fingerprint density at radius 2 is 1.96 bits per heavy atom. The second-order valence-corrected chi connectivity index (χ2v) is 7.83. The van der Waals surface area contributed by atoms with Gasteiger partial charge in [-0.1, -0.05) is 49.9 Å². The van der Waals surface area contributed by atoms with Gasteiger partial charge in [0, 0.05) is 31.5 Å². The van der Waals surface area contributed by atoms with Crippen molar-refractivity contribution in [1.82, 2.24) is 25.1 Å². The Labute approximate surface area is 169 Å². The van der Waals surface area contributed by atoms with E-state index in [2.05, 4.69) is 58.6 Å². The van der Waals surface area contributed by atoms with E-state index in [0.29, 0.717) is 23.4 Å². The van der Waals surface area contributed by atoms with Gasteiger partial charge in [0.2, 0.25) is 5.91 Å². The third kappa shape index (κ3) is 5.19. The summed E-state index contributed by atoms with van der Waals surface area (Å²) < 4.78 is 1.88. The standard InChI is InChI=1S/C21H25N5OS/c1-15(2)17-8-6-16(7-9-17)10-12-23-19(27)14-28-21-25-24-20(26(21)3)18-5-4-11-22-13-18/h4-9,11,13,15H,10,12,14H2,1-3H3,(H,23,27). The molecule has 1 aromatic carbocycles. The van der Waals surface area contributed by atoms with Crippen LogP contribution in [0.1, 0.15) is 30.9 Å². The summed E-state index contributed by atoms with van der Waals surface area (Å²) in [4.78, 5) is 16.2. The van der Waals surface area contributed by atoms with Crippen LogP contribution in [-0.2, 0) is 18.3 Å². The van der Waals surface area contributed by atoms with Gasteiger partial charge in [-0.25, -0.2) is 0 Å². The number of nitrogens with one attached hydrogen (secondary N) is 1.